The molecule has 4 heteroatoms. The van der Waals surface area contributed by atoms with Crippen molar-refractivity contribution in [2.45, 2.75) is 70.4 Å². The van der Waals surface area contributed by atoms with E-state index in [0.717, 1.165) is 43.6 Å². The normalized spacial score (nSPS) is 23.1. The van der Waals surface area contributed by atoms with Gasteiger partial charge in [-0.3, -0.25) is 4.79 Å². The van der Waals surface area contributed by atoms with Crippen molar-refractivity contribution in [3.05, 3.63) is 64.7 Å². The lowest BCUT2D eigenvalue weighted by Gasteiger charge is -2.46. The van der Waals surface area contributed by atoms with Crippen molar-refractivity contribution in [3.63, 3.8) is 0 Å². The third-order valence-electron chi connectivity index (χ3n) is 6.82. The van der Waals surface area contributed by atoms with Crippen molar-refractivity contribution < 1.29 is 4.79 Å². The maximum Gasteiger partial charge on any atom is 0.163 e. The van der Waals surface area contributed by atoms with Gasteiger partial charge in [0.2, 0.25) is 0 Å². The fraction of sp³-hybridized carbons (Fsp3) is 0.519. The molecule has 2 fully saturated rings. The first-order chi connectivity index (χ1) is 14.6. The largest absolute Gasteiger partial charge is 0.370 e. The molecule has 0 amide bonds. The van der Waals surface area contributed by atoms with Crippen LogP contribution in [0.3, 0.4) is 0 Å². The van der Waals surface area contributed by atoms with Gasteiger partial charge in [-0.2, -0.15) is 0 Å². The Balaban J connectivity index is 1.42. The van der Waals surface area contributed by atoms with Gasteiger partial charge in [-0.1, -0.05) is 41.9 Å². The maximum atomic E-state index is 13.1. The lowest BCUT2D eigenvalue weighted by atomic mass is 9.74. The molecular formula is C27H35ClN2O. The van der Waals surface area contributed by atoms with Gasteiger partial charge in [0.1, 0.15) is 0 Å². The molecule has 166 valence electrons. The Morgan fingerprint density at radius 1 is 1.06 bits per heavy atom. The molecule has 0 bridgehead atoms. The highest BCUT2D eigenvalue weighted by atomic mass is 35.5. The number of hydrogen-bond donors (Lipinski definition) is 1. The van der Waals surface area contributed by atoms with Gasteiger partial charge >= 0.3 is 0 Å². The van der Waals surface area contributed by atoms with Crippen LogP contribution < -0.4 is 10.2 Å². The van der Waals surface area contributed by atoms with Gasteiger partial charge in [-0.15, -0.1) is 0 Å². The number of carbonyl (C=O) groups excluding carboxylic acids is 1. The molecule has 2 aromatic carbocycles. The van der Waals surface area contributed by atoms with E-state index in [9.17, 15) is 4.79 Å². The van der Waals surface area contributed by atoms with Crippen LogP contribution in [0.25, 0.3) is 0 Å². The molecule has 2 aliphatic heterocycles. The highest BCUT2D eigenvalue weighted by Crippen LogP contribution is 2.37. The molecule has 3 nitrogen and oxygen atoms in total. The number of ketones is 1. The number of anilines is 1. The number of carbonyl (C=O) groups is 1. The van der Waals surface area contributed by atoms with E-state index in [-0.39, 0.29) is 16.9 Å². The molecule has 31 heavy (non-hydrogen) atoms. The molecular weight excluding hydrogens is 404 g/mol. The maximum absolute atomic E-state index is 13.1. The highest BCUT2D eigenvalue weighted by molar-refractivity contribution is 6.33. The standard InChI is InChI=1S/C27H35ClN2O/c1-26(2)16-19(17-27(3,4)29-26)14-25(31)21-10-11-24(23(28)15-21)30-13-12-22(18-30)20-8-6-5-7-9-20/h5-11,15,19,22,29H,12-14,16-18H2,1-4H3. The average molecular weight is 439 g/mol. The molecule has 0 radical (unpaired) electrons. The molecule has 1 unspecified atom stereocenters. The van der Waals surface area contributed by atoms with Gasteiger partial charge in [0.05, 0.1) is 10.7 Å². The van der Waals surface area contributed by atoms with E-state index in [1.165, 1.54) is 5.56 Å². The zero-order valence-electron chi connectivity index (χ0n) is 19.2. The van der Waals surface area contributed by atoms with E-state index < -0.39 is 0 Å². The fourth-order valence-electron chi connectivity index (χ4n) is 5.97. The van der Waals surface area contributed by atoms with Crippen LogP contribution in [0.5, 0.6) is 0 Å². The second-order valence-electron chi connectivity index (χ2n) is 10.8. The van der Waals surface area contributed by atoms with Gasteiger partial charge in [-0.25, -0.2) is 0 Å². The van der Waals surface area contributed by atoms with Crippen molar-refractivity contribution in [2.75, 3.05) is 18.0 Å². The second kappa shape index (κ2) is 8.60. The molecule has 2 aliphatic rings. The van der Waals surface area contributed by atoms with Crippen LogP contribution in [0.4, 0.5) is 5.69 Å². The Bertz CT molecular complexity index is 922. The van der Waals surface area contributed by atoms with E-state index in [2.05, 4.69) is 68.2 Å². The smallest absolute Gasteiger partial charge is 0.163 e. The van der Waals surface area contributed by atoms with Crippen LogP contribution in [-0.2, 0) is 0 Å². The first-order valence-electron chi connectivity index (χ1n) is 11.5. The molecule has 4 rings (SSSR count). The Morgan fingerprint density at radius 3 is 2.39 bits per heavy atom. The molecule has 0 aliphatic carbocycles. The Morgan fingerprint density at radius 2 is 1.74 bits per heavy atom. The van der Waals surface area contributed by atoms with Crippen molar-refractivity contribution in [1.82, 2.24) is 5.32 Å². The van der Waals surface area contributed by atoms with Crippen molar-refractivity contribution in [2.24, 2.45) is 5.92 Å². The fourth-order valence-corrected chi connectivity index (χ4v) is 6.27. The first kappa shape index (κ1) is 22.4. The van der Waals surface area contributed by atoms with Gasteiger partial charge in [0, 0.05) is 42.1 Å². The molecule has 0 aromatic heterocycles. The van der Waals surface area contributed by atoms with Crippen molar-refractivity contribution in [3.8, 4) is 0 Å². The summed E-state index contributed by atoms with van der Waals surface area (Å²) < 4.78 is 0. The van der Waals surface area contributed by atoms with Gasteiger partial charge in [0.25, 0.3) is 0 Å². The minimum absolute atomic E-state index is 0.0548. The number of hydrogen-bond acceptors (Lipinski definition) is 3. The number of piperidine rings is 1. The summed E-state index contributed by atoms with van der Waals surface area (Å²) in [5, 5.41) is 4.39. The minimum atomic E-state index is 0.0548. The number of halogens is 1. The Hall–Kier alpha value is -1.84. The predicted octanol–water partition coefficient (Wildman–Crippen LogP) is 6.46. The molecule has 2 heterocycles. The summed E-state index contributed by atoms with van der Waals surface area (Å²) in [5.41, 5.74) is 3.28. The topological polar surface area (TPSA) is 32.3 Å². The number of nitrogens with zero attached hydrogens (tertiary/aromatic N) is 1. The van der Waals surface area contributed by atoms with E-state index in [1.54, 1.807) is 0 Å². The van der Waals surface area contributed by atoms with Gasteiger partial charge in [-0.05, 0) is 76.6 Å². The molecule has 2 aromatic rings. The number of nitrogens with one attached hydrogen (secondary N) is 1. The molecule has 0 saturated carbocycles. The lowest BCUT2D eigenvalue weighted by Crippen LogP contribution is -2.57. The number of rotatable bonds is 5. The molecule has 1 atom stereocenters. The van der Waals surface area contributed by atoms with E-state index in [1.807, 2.05) is 18.2 Å². The Labute approximate surface area is 192 Å². The van der Waals surface area contributed by atoms with Crippen LogP contribution in [0.2, 0.25) is 5.02 Å². The highest BCUT2D eigenvalue weighted by Gasteiger charge is 2.38. The third-order valence-corrected chi connectivity index (χ3v) is 7.12. The van der Waals surface area contributed by atoms with E-state index in [4.69, 9.17) is 11.6 Å². The van der Waals surface area contributed by atoms with Crippen molar-refractivity contribution in [1.29, 1.82) is 0 Å². The number of benzene rings is 2. The van der Waals surface area contributed by atoms with Crippen LogP contribution in [0.1, 0.15) is 75.2 Å². The zero-order chi connectivity index (χ0) is 22.2. The second-order valence-corrected chi connectivity index (χ2v) is 11.2. The van der Waals surface area contributed by atoms with Crippen LogP contribution >= 0.6 is 11.6 Å². The lowest BCUT2D eigenvalue weighted by molar-refractivity contribution is 0.0864. The van der Waals surface area contributed by atoms with E-state index in [0.29, 0.717) is 23.3 Å². The summed E-state index contributed by atoms with van der Waals surface area (Å²) >= 11 is 6.68. The number of Topliss-reactive ketones (excluding diaryl/α,β-unsaturated/α-hetero) is 1. The third kappa shape index (κ3) is 5.32. The predicted molar refractivity (Wildman–Crippen MR) is 130 cm³/mol. The molecule has 0 spiro atoms. The summed E-state index contributed by atoms with van der Waals surface area (Å²) in [6.45, 7) is 10.9. The van der Waals surface area contributed by atoms with Crippen LogP contribution in [0, 0.1) is 5.92 Å². The first-order valence-corrected chi connectivity index (χ1v) is 11.9. The summed E-state index contributed by atoms with van der Waals surface area (Å²) in [5.74, 6) is 1.13. The van der Waals surface area contributed by atoms with Gasteiger partial charge < -0.3 is 10.2 Å². The minimum Gasteiger partial charge on any atom is -0.370 e. The van der Waals surface area contributed by atoms with E-state index >= 15 is 0 Å². The van der Waals surface area contributed by atoms with Crippen LogP contribution in [0.15, 0.2) is 48.5 Å². The summed E-state index contributed by atoms with van der Waals surface area (Å²) in [7, 11) is 0. The molecule has 1 N–H and O–H groups in total. The summed E-state index contributed by atoms with van der Waals surface area (Å²) in [6, 6.07) is 16.6. The van der Waals surface area contributed by atoms with Crippen LogP contribution in [-0.4, -0.2) is 30.0 Å². The summed E-state index contributed by atoms with van der Waals surface area (Å²) in [6.07, 6.45) is 3.75. The van der Waals surface area contributed by atoms with Crippen molar-refractivity contribution >= 4 is 23.1 Å². The quantitative estimate of drug-likeness (QED) is 0.543. The Kier molecular flexibility index (Phi) is 6.20. The molecule has 2 saturated heterocycles. The monoisotopic (exact) mass is 438 g/mol. The summed E-state index contributed by atoms with van der Waals surface area (Å²) in [4.78, 5) is 15.4. The SMILES string of the molecule is CC1(C)CC(CC(=O)c2ccc(N3CCC(c4ccccc4)C3)c(Cl)c2)CC(C)(C)N1. The van der Waals surface area contributed by atoms with Gasteiger partial charge in [0.15, 0.2) is 5.78 Å². The average Bonchev–Trinajstić information content (AvgIpc) is 3.16. The zero-order valence-corrected chi connectivity index (χ0v) is 20.0.